The highest BCUT2D eigenvalue weighted by atomic mass is 32.1. The minimum Gasteiger partial charge on any atom is -0.484 e. The van der Waals surface area contributed by atoms with E-state index in [0.29, 0.717) is 6.42 Å². The fraction of sp³-hybridized carbons (Fsp3) is 0.231. The first kappa shape index (κ1) is 9.87. The Morgan fingerprint density at radius 1 is 1.19 bits per heavy atom. The van der Waals surface area contributed by atoms with Gasteiger partial charge in [-0.3, -0.25) is 0 Å². The zero-order valence-electron chi connectivity index (χ0n) is 8.67. The van der Waals surface area contributed by atoms with Gasteiger partial charge in [0, 0.05) is 16.9 Å². The number of rotatable bonds is 1. The fourth-order valence-corrected chi connectivity index (χ4v) is 2.81. The fourth-order valence-electron chi connectivity index (χ4n) is 2.04. The average Bonchev–Trinajstić information content (AvgIpc) is 2.82. The van der Waals surface area contributed by atoms with Crippen LogP contribution >= 0.6 is 11.3 Å². The molecule has 0 aliphatic carbocycles. The van der Waals surface area contributed by atoms with Crippen LogP contribution in [-0.4, -0.2) is 5.11 Å². The normalized spacial score (nSPS) is 23.6. The lowest BCUT2D eigenvalue weighted by Crippen LogP contribution is -2.17. The van der Waals surface area contributed by atoms with E-state index in [2.05, 4.69) is 6.07 Å². The predicted molar refractivity (Wildman–Crippen MR) is 63.7 cm³/mol. The zero-order chi connectivity index (χ0) is 11.0. The van der Waals surface area contributed by atoms with Gasteiger partial charge in [0.1, 0.15) is 11.9 Å². The second-order valence-corrected chi connectivity index (χ2v) is 4.89. The summed E-state index contributed by atoms with van der Waals surface area (Å²) in [6, 6.07) is 11.8. The largest absolute Gasteiger partial charge is 0.484 e. The summed E-state index contributed by atoms with van der Waals surface area (Å²) in [6.45, 7) is 0. The number of thiophene rings is 1. The first-order valence-corrected chi connectivity index (χ1v) is 6.19. The van der Waals surface area contributed by atoms with Crippen LogP contribution in [-0.2, 0) is 0 Å². The van der Waals surface area contributed by atoms with Gasteiger partial charge in [-0.15, -0.1) is 11.3 Å². The van der Waals surface area contributed by atoms with Gasteiger partial charge in [-0.25, -0.2) is 0 Å². The molecule has 0 saturated carbocycles. The zero-order valence-corrected chi connectivity index (χ0v) is 9.48. The number of hydrogen-bond acceptors (Lipinski definition) is 3. The van der Waals surface area contributed by atoms with Gasteiger partial charge in [-0.05, 0) is 17.5 Å². The topological polar surface area (TPSA) is 29.5 Å². The maximum atomic E-state index is 10.1. The lowest BCUT2D eigenvalue weighted by atomic mass is 9.98. The van der Waals surface area contributed by atoms with Crippen molar-refractivity contribution in [1.82, 2.24) is 0 Å². The van der Waals surface area contributed by atoms with Gasteiger partial charge in [-0.1, -0.05) is 24.3 Å². The average molecular weight is 232 g/mol. The quantitative estimate of drug-likeness (QED) is 0.817. The Morgan fingerprint density at radius 2 is 2.06 bits per heavy atom. The summed E-state index contributed by atoms with van der Waals surface area (Å²) in [6.07, 6.45) is 0.208. The van der Waals surface area contributed by atoms with E-state index < -0.39 is 6.10 Å². The molecule has 3 heteroatoms. The van der Waals surface area contributed by atoms with Crippen molar-refractivity contribution in [2.24, 2.45) is 0 Å². The van der Waals surface area contributed by atoms with Crippen molar-refractivity contribution in [2.45, 2.75) is 18.6 Å². The van der Waals surface area contributed by atoms with Gasteiger partial charge >= 0.3 is 0 Å². The molecule has 2 atom stereocenters. The summed E-state index contributed by atoms with van der Waals surface area (Å²) in [4.78, 5) is 1.17. The van der Waals surface area contributed by atoms with Gasteiger partial charge in [-0.2, -0.15) is 0 Å². The molecule has 0 bridgehead atoms. The Hall–Kier alpha value is -1.32. The van der Waals surface area contributed by atoms with E-state index in [9.17, 15) is 5.11 Å². The van der Waals surface area contributed by atoms with E-state index in [1.807, 2.05) is 35.7 Å². The summed E-state index contributed by atoms with van der Waals surface area (Å²) >= 11 is 1.67. The molecule has 2 nitrogen and oxygen atoms in total. The van der Waals surface area contributed by atoms with Crippen molar-refractivity contribution in [2.75, 3.05) is 0 Å². The molecule has 82 valence electrons. The summed E-state index contributed by atoms with van der Waals surface area (Å²) in [5.74, 6) is 0.805. The molecule has 1 aliphatic heterocycles. The van der Waals surface area contributed by atoms with E-state index in [1.54, 1.807) is 11.3 Å². The van der Waals surface area contributed by atoms with Gasteiger partial charge in [0.2, 0.25) is 0 Å². The van der Waals surface area contributed by atoms with Crippen molar-refractivity contribution in [3.63, 3.8) is 0 Å². The van der Waals surface area contributed by atoms with Gasteiger partial charge in [0.05, 0.1) is 6.10 Å². The summed E-state index contributed by atoms with van der Waals surface area (Å²) in [7, 11) is 0. The van der Waals surface area contributed by atoms with Crippen molar-refractivity contribution >= 4 is 11.3 Å². The van der Waals surface area contributed by atoms with E-state index >= 15 is 0 Å². The first-order chi connectivity index (χ1) is 7.84. The van der Waals surface area contributed by atoms with Crippen molar-refractivity contribution in [3.05, 3.63) is 52.2 Å². The molecule has 1 aromatic carbocycles. The van der Waals surface area contributed by atoms with Crippen LogP contribution in [0.1, 0.15) is 29.1 Å². The molecule has 1 unspecified atom stereocenters. The molecule has 1 aromatic heterocycles. The maximum Gasteiger partial charge on any atom is 0.136 e. The van der Waals surface area contributed by atoms with Crippen molar-refractivity contribution in [1.29, 1.82) is 0 Å². The minimum absolute atomic E-state index is 0.00935. The molecule has 2 heterocycles. The molecule has 3 rings (SSSR count). The standard InChI is InChI=1S/C13H12O2S/c14-10-8-12(13-6-3-7-16-13)15-11-5-2-1-4-9(10)11/h1-7,10,12,14H,8H2/t10-,12?/m1/s1. The molecular weight excluding hydrogens is 220 g/mol. The van der Waals surface area contributed by atoms with E-state index in [4.69, 9.17) is 4.74 Å². The Bertz CT molecular complexity index is 478. The number of benzene rings is 1. The number of aliphatic hydroxyl groups is 1. The van der Waals surface area contributed by atoms with Gasteiger partial charge in [0.15, 0.2) is 0 Å². The molecular formula is C13H12O2S. The van der Waals surface area contributed by atoms with Crippen LogP contribution < -0.4 is 4.74 Å². The van der Waals surface area contributed by atoms with Crippen LogP contribution in [0.3, 0.4) is 0 Å². The monoisotopic (exact) mass is 232 g/mol. The predicted octanol–water partition coefficient (Wildman–Crippen LogP) is 3.31. The second-order valence-electron chi connectivity index (χ2n) is 3.91. The van der Waals surface area contributed by atoms with Crippen LogP contribution in [0.15, 0.2) is 41.8 Å². The van der Waals surface area contributed by atoms with Crippen LogP contribution in [0.5, 0.6) is 5.75 Å². The van der Waals surface area contributed by atoms with Crippen LogP contribution in [0.25, 0.3) is 0 Å². The smallest absolute Gasteiger partial charge is 0.136 e. The van der Waals surface area contributed by atoms with Crippen molar-refractivity contribution in [3.8, 4) is 5.75 Å². The Kier molecular flexibility index (Phi) is 2.42. The minimum atomic E-state index is -0.419. The van der Waals surface area contributed by atoms with Crippen LogP contribution in [0, 0.1) is 0 Å². The number of ether oxygens (including phenoxy) is 1. The van der Waals surface area contributed by atoms with Gasteiger partial charge in [0.25, 0.3) is 0 Å². The third kappa shape index (κ3) is 1.62. The molecule has 0 saturated heterocycles. The van der Waals surface area contributed by atoms with Gasteiger partial charge < -0.3 is 9.84 Å². The highest BCUT2D eigenvalue weighted by Crippen LogP contribution is 2.41. The Morgan fingerprint density at radius 3 is 2.88 bits per heavy atom. The summed E-state index contributed by atoms with van der Waals surface area (Å²) in [5.41, 5.74) is 0.898. The number of fused-ring (bicyclic) bond motifs is 1. The molecule has 0 amide bonds. The molecule has 0 spiro atoms. The molecule has 0 radical (unpaired) electrons. The van der Waals surface area contributed by atoms with Crippen LogP contribution in [0.4, 0.5) is 0 Å². The van der Waals surface area contributed by atoms with Crippen LogP contribution in [0.2, 0.25) is 0 Å². The Balaban J connectivity index is 1.95. The molecule has 1 aliphatic rings. The molecule has 1 N–H and O–H groups in total. The van der Waals surface area contributed by atoms with E-state index in [0.717, 1.165) is 11.3 Å². The number of aliphatic hydroxyl groups excluding tert-OH is 1. The third-order valence-corrected chi connectivity index (χ3v) is 3.81. The lowest BCUT2D eigenvalue weighted by Gasteiger charge is -2.28. The Labute approximate surface area is 98.1 Å². The van der Waals surface area contributed by atoms with E-state index in [1.165, 1.54) is 4.88 Å². The summed E-state index contributed by atoms with van der Waals surface area (Å²) < 4.78 is 5.90. The van der Waals surface area contributed by atoms with E-state index in [-0.39, 0.29) is 6.10 Å². The summed E-state index contributed by atoms with van der Waals surface area (Å²) in [5, 5.41) is 12.1. The third-order valence-electron chi connectivity index (χ3n) is 2.85. The molecule has 2 aromatic rings. The molecule has 16 heavy (non-hydrogen) atoms. The SMILES string of the molecule is O[C@@H]1CC(c2cccs2)Oc2ccccc21. The second kappa shape index (κ2) is 3.92. The molecule has 0 fully saturated rings. The first-order valence-electron chi connectivity index (χ1n) is 5.31. The van der Waals surface area contributed by atoms with Crippen molar-refractivity contribution < 1.29 is 9.84 Å². The highest BCUT2D eigenvalue weighted by molar-refractivity contribution is 7.10. The maximum absolute atomic E-state index is 10.1. The lowest BCUT2D eigenvalue weighted by molar-refractivity contribution is 0.0674. The highest BCUT2D eigenvalue weighted by Gasteiger charge is 2.27. The number of para-hydroxylation sites is 1. The number of hydrogen-bond donors (Lipinski definition) is 1.